The molecule has 0 heterocycles. The summed E-state index contributed by atoms with van der Waals surface area (Å²) < 4.78 is 22.4. The van der Waals surface area contributed by atoms with E-state index in [0.29, 0.717) is 47.5 Å². The molecule has 1 N–H and O–H groups in total. The third-order valence-electron chi connectivity index (χ3n) is 4.67. The second kappa shape index (κ2) is 11.6. The molecule has 0 aliphatic rings. The molecule has 0 unspecified atom stereocenters. The molecule has 0 aliphatic carbocycles. The second-order valence-electron chi connectivity index (χ2n) is 7.05. The van der Waals surface area contributed by atoms with Gasteiger partial charge in [0.25, 0.3) is 5.91 Å². The van der Waals surface area contributed by atoms with Crippen LogP contribution < -0.4 is 24.3 Å². The molecule has 0 spiro atoms. The summed E-state index contributed by atoms with van der Waals surface area (Å²) in [5.74, 6) is 3.13. The van der Waals surface area contributed by atoms with E-state index in [1.165, 1.54) is 0 Å². The van der Waals surface area contributed by atoms with E-state index in [4.69, 9.17) is 18.9 Å². The fourth-order valence-electron chi connectivity index (χ4n) is 2.95. The van der Waals surface area contributed by atoms with Crippen molar-refractivity contribution in [3.8, 4) is 28.7 Å². The molecule has 3 aromatic carbocycles. The molecule has 3 aromatic rings. The van der Waals surface area contributed by atoms with E-state index in [1.807, 2.05) is 31.2 Å². The van der Waals surface area contributed by atoms with Crippen LogP contribution in [0.25, 0.3) is 0 Å². The van der Waals surface area contributed by atoms with Crippen LogP contribution >= 0.6 is 0 Å². The van der Waals surface area contributed by atoms with E-state index in [9.17, 15) is 4.79 Å². The number of carbonyl (C=O) groups excluding carboxylic acids is 1. The van der Waals surface area contributed by atoms with Gasteiger partial charge >= 0.3 is 0 Å². The van der Waals surface area contributed by atoms with Crippen LogP contribution in [0.5, 0.6) is 28.7 Å². The minimum absolute atomic E-state index is 0.227. The van der Waals surface area contributed by atoms with E-state index in [0.717, 1.165) is 18.6 Å². The summed E-state index contributed by atoms with van der Waals surface area (Å²) in [4.78, 5) is 12.7. The molecule has 0 saturated carbocycles. The summed E-state index contributed by atoms with van der Waals surface area (Å²) in [5.41, 5.74) is 1.16. The zero-order valence-electron chi connectivity index (χ0n) is 18.7. The lowest BCUT2D eigenvalue weighted by Gasteiger charge is -2.13. The van der Waals surface area contributed by atoms with Gasteiger partial charge in [-0.3, -0.25) is 4.79 Å². The van der Waals surface area contributed by atoms with Gasteiger partial charge < -0.3 is 24.3 Å². The van der Waals surface area contributed by atoms with Gasteiger partial charge in [-0.2, -0.15) is 0 Å². The minimum Gasteiger partial charge on any atom is -0.497 e. The zero-order valence-corrected chi connectivity index (χ0v) is 18.7. The molecule has 0 saturated heterocycles. The number of anilines is 1. The maximum absolute atomic E-state index is 12.7. The van der Waals surface area contributed by atoms with Gasteiger partial charge in [0.1, 0.15) is 17.2 Å². The van der Waals surface area contributed by atoms with Gasteiger partial charge in [-0.15, -0.1) is 0 Å². The molecule has 0 bridgehead atoms. The first kappa shape index (κ1) is 23.0. The van der Waals surface area contributed by atoms with Crippen LogP contribution in [0.1, 0.15) is 37.0 Å². The lowest BCUT2D eigenvalue weighted by atomic mass is 10.1. The fraction of sp³-hybridized carbons (Fsp3) is 0.269. The Balaban J connectivity index is 1.63. The van der Waals surface area contributed by atoms with Crippen molar-refractivity contribution in [1.29, 1.82) is 0 Å². The van der Waals surface area contributed by atoms with Crippen LogP contribution in [0.4, 0.5) is 5.69 Å². The average molecular weight is 436 g/mol. The Morgan fingerprint density at radius 3 is 2.09 bits per heavy atom. The number of methoxy groups -OCH3 is 1. The Kier molecular flexibility index (Phi) is 8.37. The number of unbranched alkanes of at least 4 members (excludes halogenated alkanes) is 1. The largest absolute Gasteiger partial charge is 0.497 e. The highest BCUT2D eigenvalue weighted by atomic mass is 16.5. The summed E-state index contributed by atoms with van der Waals surface area (Å²) in [6.07, 6.45) is 2.01. The quantitative estimate of drug-likeness (QED) is 0.357. The Morgan fingerprint density at radius 1 is 0.812 bits per heavy atom. The number of nitrogens with one attached hydrogen (secondary N) is 1. The molecule has 3 rings (SSSR count). The Hall–Kier alpha value is -3.67. The Morgan fingerprint density at radius 2 is 1.47 bits per heavy atom. The molecule has 0 radical (unpaired) electrons. The number of ether oxygens (including phenoxy) is 4. The zero-order chi connectivity index (χ0) is 22.8. The smallest absolute Gasteiger partial charge is 0.255 e. The standard InChI is InChI=1S/C26H29NO5/c1-4-6-17-31-24-16-7-19(18-25(24)30-5-2)26(28)27-20-8-10-22(11-9-20)32-23-14-12-21(29-3)13-15-23/h7-16,18H,4-6,17H2,1-3H3,(H,27,28). The summed E-state index contributed by atoms with van der Waals surface area (Å²) in [5, 5.41) is 2.90. The van der Waals surface area contributed by atoms with Crippen molar-refractivity contribution >= 4 is 11.6 Å². The van der Waals surface area contributed by atoms with E-state index < -0.39 is 0 Å². The van der Waals surface area contributed by atoms with Gasteiger partial charge in [-0.1, -0.05) is 13.3 Å². The topological polar surface area (TPSA) is 66.0 Å². The predicted octanol–water partition coefficient (Wildman–Crippen LogP) is 6.32. The van der Waals surface area contributed by atoms with Gasteiger partial charge in [0.2, 0.25) is 0 Å². The summed E-state index contributed by atoms with van der Waals surface area (Å²) in [7, 11) is 1.62. The average Bonchev–Trinajstić information content (AvgIpc) is 2.82. The van der Waals surface area contributed by atoms with Crippen LogP contribution in [-0.2, 0) is 0 Å². The Labute approximate surface area is 189 Å². The molecule has 168 valence electrons. The van der Waals surface area contributed by atoms with Crippen molar-refractivity contribution in [2.45, 2.75) is 26.7 Å². The molecular formula is C26H29NO5. The third kappa shape index (κ3) is 6.41. The van der Waals surface area contributed by atoms with Gasteiger partial charge in [0.15, 0.2) is 11.5 Å². The number of hydrogen-bond donors (Lipinski definition) is 1. The van der Waals surface area contributed by atoms with Crippen molar-refractivity contribution in [3.05, 3.63) is 72.3 Å². The highest BCUT2D eigenvalue weighted by Crippen LogP contribution is 2.30. The van der Waals surface area contributed by atoms with Crippen LogP contribution in [0.2, 0.25) is 0 Å². The van der Waals surface area contributed by atoms with E-state index in [1.54, 1.807) is 49.6 Å². The molecule has 6 nitrogen and oxygen atoms in total. The first-order chi connectivity index (χ1) is 15.6. The number of carbonyl (C=O) groups is 1. The van der Waals surface area contributed by atoms with Gasteiger partial charge in [0.05, 0.1) is 20.3 Å². The SMILES string of the molecule is CCCCOc1ccc(C(=O)Nc2ccc(Oc3ccc(OC)cc3)cc2)cc1OCC. The highest BCUT2D eigenvalue weighted by molar-refractivity contribution is 6.04. The molecule has 32 heavy (non-hydrogen) atoms. The molecule has 0 fully saturated rings. The number of amides is 1. The first-order valence-corrected chi connectivity index (χ1v) is 10.8. The molecule has 0 aromatic heterocycles. The van der Waals surface area contributed by atoms with Crippen molar-refractivity contribution in [2.24, 2.45) is 0 Å². The highest BCUT2D eigenvalue weighted by Gasteiger charge is 2.12. The third-order valence-corrected chi connectivity index (χ3v) is 4.67. The van der Waals surface area contributed by atoms with E-state index in [2.05, 4.69) is 12.2 Å². The van der Waals surface area contributed by atoms with Gasteiger partial charge in [0, 0.05) is 11.3 Å². The van der Waals surface area contributed by atoms with Crippen molar-refractivity contribution < 1.29 is 23.7 Å². The molecule has 0 atom stereocenters. The van der Waals surface area contributed by atoms with Crippen LogP contribution in [0.15, 0.2) is 66.7 Å². The number of benzene rings is 3. The van der Waals surface area contributed by atoms with E-state index in [-0.39, 0.29) is 5.91 Å². The number of rotatable bonds is 11. The predicted molar refractivity (Wildman–Crippen MR) is 125 cm³/mol. The van der Waals surface area contributed by atoms with E-state index >= 15 is 0 Å². The molecular weight excluding hydrogens is 406 g/mol. The van der Waals surface area contributed by atoms with Crippen molar-refractivity contribution in [2.75, 3.05) is 25.6 Å². The van der Waals surface area contributed by atoms with Gasteiger partial charge in [-0.25, -0.2) is 0 Å². The summed E-state index contributed by atoms with van der Waals surface area (Å²) in [6, 6.07) is 19.8. The normalized spacial score (nSPS) is 10.3. The minimum atomic E-state index is -0.227. The monoisotopic (exact) mass is 435 g/mol. The van der Waals surface area contributed by atoms with Crippen LogP contribution in [0.3, 0.4) is 0 Å². The summed E-state index contributed by atoms with van der Waals surface area (Å²) in [6.45, 7) is 5.12. The van der Waals surface area contributed by atoms with Gasteiger partial charge in [-0.05, 0) is 80.1 Å². The van der Waals surface area contributed by atoms with Crippen molar-refractivity contribution in [3.63, 3.8) is 0 Å². The lowest BCUT2D eigenvalue weighted by molar-refractivity contribution is 0.102. The van der Waals surface area contributed by atoms with Crippen molar-refractivity contribution in [1.82, 2.24) is 0 Å². The lowest BCUT2D eigenvalue weighted by Crippen LogP contribution is -2.12. The maximum atomic E-state index is 12.7. The summed E-state index contributed by atoms with van der Waals surface area (Å²) >= 11 is 0. The fourth-order valence-corrected chi connectivity index (χ4v) is 2.95. The molecule has 6 heteroatoms. The number of hydrogen-bond acceptors (Lipinski definition) is 5. The molecule has 0 aliphatic heterocycles. The second-order valence-corrected chi connectivity index (χ2v) is 7.05. The Bertz CT molecular complexity index is 1000. The first-order valence-electron chi connectivity index (χ1n) is 10.8. The molecule has 1 amide bonds. The van der Waals surface area contributed by atoms with Crippen LogP contribution in [0, 0.1) is 0 Å². The van der Waals surface area contributed by atoms with Crippen LogP contribution in [-0.4, -0.2) is 26.2 Å². The maximum Gasteiger partial charge on any atom is 0.255 e.